The first kappa shape index (κ1) is 8.96. The summed E-state index contributed by atoms with van der Waals surface area (Å²) < 4.78 is 0. The molecule has 0 bridgehead atoms. The summed E-state index contributed by atoms with van der Waals surface area (Å²) in [6, 6.07) is 3.74. The van der Waals surface area contributed by atoms with Crippen LogP contribution in [-0.2, 0) is 0 Å². The molecule has 74 valence electrons. The minimum absolute atomic E-state index is 0.0952. The highest BCUT2D eigenvalue weighted by molar-refractivity contribution is 5.72. The van der Waals surface area contributed by atoms with Crippen LogP contribution in [-0.4, -0.2) is 22.0 Å². The molecule has 2 heterocycles. The smallest absolute Gasteiger partial charge is 0.179 e. The van der Waals surface area contributed by atoms with Crippen LogP contribution in [0.2, 0.25) is 0 Å². The molecule has 14 heavy (non-hydrogen) atoms. The van der Waals surface area contributed by atoms with E-state index in [4.69, 9.17) is 5.73 Å². The van der Waals surface area contributed by atoms with Crippen LogP contribution in [0, 0.1) is 0 Å². The van der Waals surface area contributed by atoms with Crippen LogP contribution in [0.5, 0.6) is 0 Å². The Bertz CT molecular complexity index is 445. The highest BCUT2D eigenvalue weighted by Gasteiger charge is 2.07. The lowest BCUT2D eigenvalue weighted by atomic mass is 10.3. The van der Waals surface area contributed by atoms with Crippen LogP contribution in [0.25, 0.3) is 11.2 Å². The van der Waals surface area contributed by atoms with E-state index in [1.54, 1.807) is 0 Å². The number of fused-ring (bicyclic) bond motifs is 1. The van der Waals surface area contributed by atoms with Crippen molar-refractivity contribution in [3.63, 3.8) is 0 Å². The van der Waals surface area contributed by atoms with E-state index in [-0.39, 0.29) is 6.04 Å². The summed E-state index contributed by atoms with van der Waals surface area (Å²) in [6.45, 7) is 1.89. The molecule has 2 aromatic rings. The van der Waals surface area contributed by atoms with Crippen molar-refractivity contribution >= 4 is 17.0 Å². The van der Waals surface area contributed by atoms with Crippen LogP contribution in [0.4, 0.5) is 5.82 Å². The summed E-state index contributed by atoms with van der Waals surface area (Å²) in [4.78, 5) is 11.7. The van der Waals surface area contributed by atoms with Crippen molar-refractivity contribution < 1.29 is 0 Å². The van der Waals surface area contributed by atoms with Crippen LogP contribution < -0.4 is 11.1 Å². The highest BCUT2D eigenvalue weighted by atomic mass is 15.1. The maximum atomic E-state index is 5.71. The van der Waals surface area contributed by atoms with Gasteiger partial charge in [0.05, 0.1) is 11.6 Å². The van der Waals surface area contributed by atoms with Crippen molar-refractivity contribution in [1.82, 2.24) is 15.0 Å². The molecule has 0 saturated carbocycles. The number of anilines is 1. The Labute approximate surface area is 81.7 Å². The lowest BCUT2D eigenvalue weighted by Crippen LogP contribution is -2.06. The van der Waals surface area contributed by atoms with Crippen molar-refractivity contribution in [2.24, 2.45) is 5.73 Å². The largest absolute Gasteiger partial charge is 0.373 e. The minimum Gasteiger partial charge on any atom is -0.373 e. The van der Waals surface area contributed by atoms with Gasteiger partial charge in [0.25, 0.3) is 0 Å². The third-order valence-corrected chi connectivity index (χ3v) is 2.05. The average molecular weight is 191 g/mol. The summed E-state index contributed by atoms with van der Waals surface area (Å²) in [5.41, 5.74) is 7.32. The minimum atomic E-state index is -0.0952. The quantitative estimate of drug-likeness (QED) is 0.662. The summed E-state index contributed by atoms with van der Waals surface area (Å²) in [5, 5.41) is 2.96. The van der Waals surface area contributed by atoms with Crippen molar-refractivity contribution in [3.8, 4) is 0 Å². The van der Waals surface area contributed by atoms with E-state index in [9.17, 15) is 0 Å². The first-order valence-corrected chi connectivity index (χ1v) is 4.50. The van der Waals surface area contributed by atoms with Gasteiger partial charge in [-0.25, -0.2) is 9.97 Å². The van der Waals surface area contributed by atoms with Gasteiger partial charge < -0.3 is 16.0 Å². The van der Waals surface area contributed by atoms with Crippen LogP contribution in [0.15, 0.2) is 12.1 Å². The Hall–Kier alpha value is -1.62. The van der Waals surface area contributed by atoms with E-state index in [1.165, 1.54) is 0 Å². The number of pyridine rings is 1. The number of nitrogens with one attached hydrogen (secondary N) is 2. The monoisotopic (exact) mass is 191 g/mol. The van der Waals surface area contributed by atoms with Gasteiger partial charge in [-0.2, -0.15) is 0 Å². The molecule has 0 aliphatic carbocycles. The first-order valence-electron chi connectivity index (χ1n) is 4.50. The van der Waals surface area contributed by atoms with E-state index in [2.05, 4.69) is 20.3 Å². The zero-order valence-corrected chi connectivity index (χ0v) is 8.20. The third kappa shape index (κ3) is 1.42. The second kappa shape index (κ2) is 3.26. The molecule has 0 amide bonds. The Kier molecular flexibility index (Phi) is 2.09. The van der Waals surface area contributed by atoms with Gasteiger partial charge in [-0.05, 0) is 19.1 Å². The number of nitrogens with two attached hydrogens (primary N) is 1. The van der Waals surface area contributed by atoms with E-state index < -0.39 is 0 Å². The molecule has 5 nitrogen and oxygen atoms in total. The number of hydrogen-bond donors (Lipinski definition) is 3. The maximum Gasteiger partial charge on any atom is 0.179 e. The van der Waals surface area contributed by atoms with Crippen molar-refractivity contribution in [2.75, 3.05) is 12.4 Å². The summed E-state index contributed by atoms with van der Waals surface area (Å²) in [7, 11) is 1.83. The normalized spacial score (nSPS) is 13.1. The predicted molar refractivity (Wildman–Crippen MR) is 56.0 cm³/mol. The third-order valence-electron chi connectivity index (χ3n) is 2.05. The highest BCUT2D eigenvalue weighted by Crippen LogP contribution is 2.14. The summed E-state index contributed by atoms with van der Waals surface area (Å²) in [5.74, 6) is 1.57. The van der Waals surface area contributed by atoms with Gasteiger partial charge in [0.15, 0.2) is 5.65 Å². The Morgan fingerprint density at radius 2 is 2.21 bits per heavy atom. The van der Waals surface area contributed by atoms with Crippen molar-refractivity contribution in [1.29, 1.82) is 0 Å². The van der Waals surface area contributed by atoms with E-state index >= 15 is 0 Å². The fourth-order valence-electron chi connectivity index (χ4n) is 1.27. The van der Waals surface area contributed by atoms with E-state index in [0.29, 0.717) is 5.65 Å². The zero-order chi connectivity index (χ0) is 10.1. The molecular weight excluding hydrogens is 178 g/mol. The van der Waals surface area contributed by atoms with Gasteiger partial charge in [0, 0.05) is 7.05 Å². The molecule has 0 fully saturated rings. The van der Waals surface area contributed by atoms with Crippen molar-refractivity contribution in [3.05, 3.63) is 18.0 Å². The molecule has 4 N–H and O–H groups in total. The van der Waals surface area contributed by atoms with Gasteiger partial charge in [0.2, 0.25) is 0 Å². The standard InChI is InChI=1S/C9H13N5/c1-5(10)8-12-6-3-4-7(11-2)13-9(6)14-8/h3-5H,10H2,1-2H3,(H2,11,12,13,14). The number of rotatable bonds is 2. The molecular formula is C9H13N5. The lowest BCUT2D eigenvalue weighted by molar-refractivity contribution is 0.759. The first-order chi connectivity index (χ1) is 6.70. The zero-order valence-electron chi connectivity index (χ0n) is 8.20. The van der Waals surface area contributed by atoms with E-state index in [1.807, 2.05) is 26.1 Å². The number of H-pyrrole nitrogens is 1. The molecule has 5 heteroatoms. The van der Waals surface area contributed by atoms with E-state index in [0.717, 1.165) is 17.2 Å². The SMILES string of the molecule is CNc1ccc2[nH]c(C(C)N)nc2n1. The fraction of sp³-hybridized carbons (Fsp3) is 0.333. The van der Waals surface area contributed by atoms with Crippen LogP contribution >= 0.6 is 0 Å². The van der Waals surface area contributed by atoms with Gasteiger partial charge in [-0.3, -0.25) is 0 Å². The molecule has 2 rings (SSSR count). The van der Waals surface area contributed by atoms with Gasteiger partial charge >= 0.3 is 0 Å². The second-order valence-corrected chi connectivity index (χ2v) is 3.23. The molecule has 0 aliphatic heterocycles. The average Bonchev–Trinajstić information content (AvgIpc) is 2.59. The molecule has 0 saturated heterocycles. The van der Waals surface area contributed by atoms with Gasteiger partial charge in [-0.1, -0.05) is 0 Å². The second-order valence-electron chi connectivity index (χ2n) is 3.23. The molecule has 0 radical (unpaired) electrons. The number of hydrogen-bond acceptors (Lipinski definition) is 4. The topological polar surface area (TPSA) is 79.6 Å². The molecule has 0 spiro atoms. The molecule has 2 aromatic heterocycles. The number of imidazole rings is 1. The Morgan fingerprint density at radius 3 is 2.86 bits per heavy atom. The van der Waals surface area contributed by atoms with Crippen LogP contribution in [0.1, 0.15) is 18.8 Å². The van der Waals surface area contributed by atoms with Gasteiger partial charge in [0.1, 0.15) is 11.6 Å². The number of nitrogens with zero attached hydrogens (tertiary/aromatic N) is 2. The predicted octanol–water partition coefficient (Wildman–Crippen LogP) is 1.02. The Balaban J connectivity index is 2.54. The Morgan fingerprint density at radius 1 is 1.43 bits per heavy atom. The summed E-state index contributed by atoms with van der Waals surface area (Å²) in [6.07, 6.45) is 0. The lowest BCUT2D eigenvalue weighted by Gasteiger charge is -1.96. The van der Waals surface area contributed by atoms with Crippen LogP contribution in [0.3, 0.4) is 0 Å². The molecule has 1 atom stereocenters. The van der Waals surface area contributed by atoms with Crippen molar-refractivity contribution in [2.45, 2.75) is 13.0 Å². The summed E-state index contributed by atoms with van der Waals surface area (Å²) >= 11 is 0. The fourth-order valence-corrected chi connectivity index (χ4v) is 1.27. The number of aromatic nitrogens is 3. The molecule has 0 aromatic carbocycles. The molecule has 0 aliphatic rings. The maximum absolute atomic E-state index is 5.71. The van der Waals surface area contributed by atoms with Gasteiger partial charge in [-0.15, -0.1) is 0 Å². The number of aromatic amines is 1. The molecule has 1 unspecified atom stereocenters.